The van der Waals surface area contributed by atoms with Crippen molar-refractivity contribution in [3.05, 3.63) is 71.6 Å². The molecule has 0 unspecified atom stereocenters. The first kappa shape index (κ1) is 20.2. The van der Waals surface area contributed by atoms with E-state index in [-0.39, 0.29) is 23.2 Å². The molecule has 0 radical (unpaired) electrons. The van der Waals surface area contributed by atoms with Crippen molar-refractivity contribution in [3.8, 4) is 0 Å². The van der Waals surface area contributed by atoms with Crippen molar-refractivity contribution in [1.82, 2.24) is 9.21 Å². The van der Waals surface area contributed by atoms with Gasteiger partial charge in [0.25, 0.3) is 0 Å². The largest absolute Gasteiger partial charge is 0.338 e. The molecule has 1 aliphatic heterocycles. The lowest BCUT2D eigenvalue weighted by Crippen LogP contribution is -2.36. The highest BCUT2D eigenvalue weighted by Crippen LogP contribution is 2.18. The molecule has 1 saturated heterocycles. The van der Waals surface area contributed by atoms with Gasteiger partial charge in [0.1, 0.15) is 5.82 Å². The Morgan fingerprint density at radius 2 is 1.64 bits per heavy atom. The average Bonchev–Trinajstić information content (AvgIpc) is 2.94. The van der Waals surface area contributed by atoms with E-state index in [0.29, 0.717) is 26.1 Å². The van der Waals surface area contributed by atoms with Crippen LogP contribution in [0.3, 0.4) is 0 Å². The maximum Gasteiger partial charge on any atom is 0.246 e. The molecule has 148 valence electrons. The molecule has 0 bridgehead atoms. The van der Waals surface area contributed by atoms with E-state index in [1.54, 1.807) is 47.4 Å². The van der Waals surface area contributed by atoms with Crippen molar-refractivity contribution >= 4 is 22.0 Å². The molecular formula is C21H23FN2O3S. The Labute approximate surface area is 165 Å². The quantitative estimate of drug-likeness (QED) is 0.739. The average molecular weight is 402 g/mol. The van der Waals surface area contributed by atoms with E-state index in [1.807, 2.05) is 6.92 Å². The SMILES string of the molecule is Cc1ccc(S(=O)(=O)N2CCCN(C(=O)/C=C/c3ccc(F)cc3)CC2)cc1. The summed E-state index contributed by atoms with van der Waals surface area (Å²) in [5.74, 6) is -0.509. The summed E-state index contributed by atoms with van der Waals surface area (Å²) in [6, 6.07) is 12.7. The first-order chi connectivity index (χ1) is 13.4. The van der Waals surface area contributed by atoms with E-state index >= 15 is 0 Å². The number of nitrogens with zero attached hydrogens (tertiary/aromatic N) is 2. The standard InChI is InChI=1S/C21H23FN2O3S/c1-17-3-10-20(11-4-17)28(26,27)24-14-2-13-23(15-16-24)21(25)12-7-18-5-8-19(22)9-6-18/h3-12H,2,13-16H2,1H3/b12-7+. The van der Waals surface area contributed by atoms with Crippen LogP contribution in [0.1, 0.15) is 17.5 Å². The Kier molecular flexibility index (Phi) is 6.26. The zero-order valence-corrected chi connectivity index (χ0v) is 16.5. The van der Waals surface area contributed by atoms with Crippen LogP contribution in [-0.2, 0) is 14.8 Å². The number of halogens is 1. The molecule has 2 aromatic carbocycles. The van der Waals surface area contributed by atoms with Crippen molar-refractivity contribution in [2.45, 2.75) is 18.2 Å². The molecule has 0 N–H and O–H groups in total. The Bertz CT molecular complexity index is 954. The summed E-state index contributed by atoms with van der Waals surface area (Å²) in [6.07, 6.45) is 3.64. The van der Waals surface area contributed by atoms with E-state index in [2.05, 4.69) is 0 Å². The molecule has 7 heteroatoms. The lowest BCUT2D eigenvalue weighted by molar-refractivity contribution is -0.125. The van der Waals surface area contributed by atoms with Gasteiger partial charge in [-0.3, -0.25) is 4.79 Å². The molecule has 0 atom stereocenters. The summed E-state index contributed by atoms with van der Waals surface area (Å²) in [7, 11) is -3.57. The van der Waals surface area contributed by atoms with Gasteiger partial charge >= 0.3 is 0 Å². The lowest BCUT2D eigenvalue weighted by Gasteiger charge is -2.21. The predicted molar refractivity (Wildman–Crippen MR) is 107 cm³/mol. The zero-order chi connectivity index (χ0) is 20.1. The van der Waals surface area contributed by atoms with Crippen molar-refractivity contribution < 1.29 is 17.6 Å². The lowest BCUT2D eigenvalue weighted by atomic mass is 10.2. The molecule has 5 nitrogen and oxygen atoms in total. The first-order valence-corrected chi connectivity index (χ1v) is 10.6. The van der Waals surface area contributed by atoms with Gasteiger partial charge < -0.3 is 4.90 Å². The number of sulfonamides is 1. The molecule has 0 aliphatic carbocycles. The third-order valence-electron chi connectivity index (χ3n) is 4.71. The molecule has 0 aromatic heterocycles. The summed E-state index contributed by atoms with van der Waals surface area (Å²) in [5, 5.41) is 0. The third-order valence-corrected chi connectivity index (χ3v) is 6.63. The minimum atomic E-state index is -3.57. The van der Waals surface area contributed by atoms with Gasteiger partial charge in [-0.1, -0.05) is 29.8 Å². The number of carbonyl (C=O) groups is 1. The van der Waals surface area contributed by atoms with Gasteiger partial charge in [-0.15, -0.1) is 0 Å². The van der Waals surface area contributed by atoms with Gasteiger partial charge in [0.15, 0.2) is 0 Å². The molecule has 1 fully saturated rings. The molecule has 3 rings (SSSR count). The zero-order valence-electron chi connectivity index (χ0n) is 15.7. The van der Waals surface area contributed by atoms with Gasteiger partial charge in [-0.25, -0.2) is 12.8 Å². The number of benzene rings is 2. The van der Waals surface area contributed by atoms with Gasteiger partial charge in [0.05, 0.1) is 4.90 Å². The normalized spacial score (nSPS) is 16.3. The first-order valence-electron chi connectivity index (χ1n) is 9.16. The number of hydrogen-bond acceptors (Lipinski definition) is 3. The van der Waals surface area contributed by atoms with E-state index in [9.17, 15) is 17.6 Å². The van der Waals surface area contributed by atoms with E-state index < -0.39 is 10.0 Å². The molecule has 1 aliphatic rings. The Morgan fingerprint density at radius 1 is 0.964 bits per heavy atom. The van der Waals surface area contributed by atoms with Crippen LogP contribution >= 0.6 is 0 Å². The predicted octanol–water partition coefficient (Wildman–Crippen LogP) is 3.07. The summed E-state index contributed by atoms with van der Waals surface area (Å²) >= 11 is 0. The Morgan fingerprint density at radius 3 is 2.32 bits per heavy atom. The number of aryl methyl sites for hydroxylation is 1. The molecule has 1 heterocycles. The van der Waals surface area contributed by atoms with Gasteiger partial charge in [-0.05, 0) is 49.2 Å². The summed E-state index contributed by atoms with van der Waals surface area (Å²) < 4.78 is 40.1. The second-order valence-electron chi connectivity index (χ2n) is 6.78. The highest BCUT2D eigenvalue weighted by molar-refractivity contribution is 7.89. The third kappa shape index (κ3) is 4.85. The van der Waals surface area contributed by atoms with Crippen molar-refractivity contribution in [2.75, 3.05) is 26.2 Å². The molecule has 2 aromatic rings. The Hall–Kier alpha value is -2.51. The van der Waals surface area contributed by atoms with E-state index in [1.165, 1.54) is 22.5 Å². The van der Waals surface area contributed by atoms with E-state index in [0.717, 1.165) is 11.1 Å². The van der Waals surface area contributed by atoms with Crippen molar-refractivity contribution in [3.63, 3.8) is 0 Å². The highest BCUT2D eigenvalue weighted by atomic mass is 32.2. The topological polar surface area (TPSA) is 57.7 Å². The number of carbonyl (C=O) groups excluding carboxylic acids is 1. The second kappa shape index (κ2) is 8.67. The van der Waals surface area contributed by atoms with Gasteiger partial charge in [-0.2, -0.15) is 4.31 Å². The monoisotopic (exact) mass is 402 g/mol. The highest BCUT2D eigenvalue weighted by Gasteiger charge is 2.27. The van der Waals surface area contributed by atoms with Gasteiger partial charge in [0, 0.05) is 32.3 Å². The molecular weight excluding hydrogens is 379 g/mol. The fraction of sp³-hybridized carbons (Fsp3) is 0.286. The smallest absolute Gasteiger partial charge is 0.246 e. The minimum Gasteiger partial charge on any atom is -0.338 e. The fourth-order valence-electron chi connectivity index (χ4n) is 3.06. The Balaban J connectivity index is 1.64. The summed E-state index contributed by atoms with van der Waals surface area (Å²) in [4.78, 5) is 14.4. The van der Waals surface area contributed by atoms with Crippen LogP contribution in [0, 0.1) is 12.7 Å². The number of rotatable bonds is 4. The van der Waals surface area contributed by atoms with Crippen molar-refractivity contribution in [1.29, 1.82) is 0 Å². The van der Waals surface area contributed by atoms with Crippen molar-refractivity contribution in [2.24, 2.45) is 0 Å². The van der Waals surface area contributed by atoms with Crippen LogP contribution in [0.15, 0.2) is 59.5 Å². The number of amides is 1. The molecule has 1 amide bonds. The molecule has 28 heavy (non-hydrogen) atoms. The van der Waals surface area contributed by atoms with Crippen LogP contribution in [-0.4, -0.2) is 49.7 Å². The minimum absolute atomic E-state index is 0.182. The maximum atomic E-state index is 12.9. The molecule has 0 saturated carbocycles. The summed E-state index contributed by atoms with van der Waals surface area (Å²) in [5.41, 5.74) is 1.73. The van der Waals surface area contributed by atoms with Crippen LogP contribution < -0.4 is 0 Å². The van der Waals surface area contributed by atoms with Gasteiger partial charge in [0.2, 0.25) is 15.9 Å². The maximum absolute atomic E-state index is 12.9. The fourth-order valence-corrected chi connectivity index (χ4v) is 4.53. The van der Waals surface area contributed by atoms with Crippen LogP contribution in [0.5, 0.6) is 0 Å². The van der Waals surface area contributed by atoms with E-state index in [4.69, 9.17) is 0 Å². The van der Waals surface area contributed by atoms with Crippen LogP contribution in [0.25, 0.3) is 6.08 Å². The molecule has 0 spiro atoms. The van der Waals surface area contributed by atoms with Crippen LogP contribution in [0.4, 0.5) is 4.39 Å². The second-order valence-corrected chi connectivity index (χ2v) is 8.72. The van der Waals surface area contributed by atoms with Crippen LogP contribution in [0.2, 0.25) is 0 Å². The number of hydrogen-bond donors (Lipinski definition) is 0. The summed E-state index contributed by atoms with van der Waals surface area (Å²) in [6.45, 7) is 3.36.